The smallest absolute Gasteiger partial charge is 0.408 e. The number of rotatable bonds is 15. The molecule has 0 heterocycles. The summed E-state index contributed by atoms with van der Waals surface area (Å²) in [5, 5.41) is 16.1. The number of carbonyl (C=O) groups excluding carboxylic acids is 3. The Kier molecular flexibility index (Phi) is 13.8. The number of aromatic hydroxyl groups is 1. The molecule has 42 heavy (non-hydrogen) atoms. The summed E-state index contributed by atoms with van der Waals surface area (Å²) in [6.45, 7) is 13.5. The zero-order chi connectivity index (χ0) is 31.3. The highest BCUT2D eigenvalue weighted by Gasteiger charge is 2.36. The zero-order valence-corrected chi connectivity index (χ0v) is 26.5. The molecule has 0 aliphatic heterocycles. The fourth-order valence-corrected chi connectivity index (χ4v) is 4.92. The van der Waals surface area contributed by atoms with E-state index in [4.69, 9.17) is 4.74 Å². The number of carbonyl (C=O) groups is 3. The predicted octanol–water partition coefficient (Wildman–Crippen LogP) is 6.59. The van der Waals surface area contributed by atoms with E-state index in [1.807, 2.05) is 37.3 Å². The normalized spacial score (nSPS) is 13.5. The Labute approximate surface area is 252 Å². The summed E-state index contributed by atoms with van der Waals surface area (Å²) in [5.41, 5.74) is 1.34. The monoisotopic (exact) mass is 581 g/mol. The van der Waals surface area contributed by atoms with Crippen molar-refractivity contribution < 1.29 is 24.2 Å². The van der Waals surface area contributed by atoms with Crippen LogP contribution in [-0.4, -0.2) is 52.1 Å². The molecule has 3 amide bonds. The Hall–Kier alpha value is -3.55. The van der Waals surface area contributed by atoms with Gasteiger partial charge >= 0.3 is 6.09 Å². The highest BCUT2D eigenvalue weighted by molar-refractivity contribution is 5.92. The lowest BCUT2D eigenvalue weighted by Crippen LogP contribution is -2.54. The third-order valence-corrected chi connectivity index (χ3v) is 7.01. The Balaban J connectivity index is 2.59. The molecule has 2 aromatic carbocycles. The van der Waals surface area contributed by atoms with E-state index < -0.39 is 23.8 Å². The van der Waals surface area contributed by atoms with Crippen LogP contribution in [0, 0.1) is 6.92 Å². The molecule has 3 unspecified atom stereocenters. The van der Waals surface area contributed by atoms with Crippen molar-refractivity contribution in [3.05, 3.63) is 65.2 Å². The van der Waals surface area contributed by atoms with Gasteiger partial charge in [-0.2, -0.15) is 0 Å². The van der Waals surface area contributed by atoms with E-state index in [1.165, 1.54) is 0 Å². The number of phenolic OH excluding ortho intramolecular Hbond substituents is 1. The molecule has 3 atom stereocenters. The summed E-state index contributed by atoms with van der Waals surface area (Å²) in [4.78, 5) is 43.0. The standard InChI is InChI=1S/C34H51N3O5/c1-8-10-11-15-21-37(30(31(39)35-25(4)16-9-2)27-19-20-29(38)24(3)22-27)32(40)28(23-26-17-13-12-14-18-26)36-33(41)42-34(5,6)7/h12-14,17-20,22,25,28,30,38H,8-11,15-16,21,23H2,1-7H3,(H,35,39)(H,36,41). The fourth-order valence-electron chi connectivity index (χ4n) is 4.92. The van der Waals surface area contributed by atoms with Gasteiger partial charge in [-0.3, -0.25) is 9.59 Å². The maximum absolute atomic E-state index is 14.5. The third kappa shape index (κ3) is 11.4. The van der Waals surface area contributed by atoms with Crippen molar-refractivity contribution in [3.8, 4) is 5.75 Å². The molecule has 0 spiro atoms. The van der Waals surface area contributed by atoms with Gasteiger partial charge in [-0.25, -0.2) is 4.79 Å². The Morgan fingerprint density at radius 2 is 1.64 bits per heavy atom. The molecule has 0 aliphatic rings. The molecule has 8 heteroatoms. The number of amides is 3. The molecular weight excluding hydrogens is 530 g/mol. The molecule has 2 aromatic rings. The van der Waals surface area contributed by atoms with Gasteiger partial charge in [0.2, 0.25) is 11.8 Å². The summed E-state index contributed by atoms with van der Waals surface area (Å²) in [5.74, 6) is -0.539. The first-order valence-electron chi connectivity index (χ1n) is 15.3. The van der Waals surface area contributed by atoms with Crippen LogP contribution in [0.25, 0.3) is 0 Å². The van der Waals surface area contributed by atoms with Gasteiger partial charge in [0.15, 0.2) is 0 Å². The first kappa shape index (κ1) is 34.7. The molecular formula is C34H51N3O5. The van der Waals surface area contributed by atoms with Crippen LogP contribution >= 0.6 is 0 Å². The summed E-state index contributed by atoms with van der Waals surface area (Å²) < 4.78 is 5.52. The minimum Gasteiger partial charge on any atom is -0.508 e. The first-order valence-corrected chi connectivity index (χ1v) is 15.3. The Morgan fingerprint density at radius 1 is 0.952 bits per heavy atom. The van der Waals surface area contributed by atoms with Crippen molar-refractivity contribution >= 4 is 17.9 Å². The van der Waals surface area contributed by atoms with Gasteiger partial charge in [0.1, 0.15) is 23.4 Å². The highest BCUT2D eigenvalue weighted by atomic mass is 16.6. The quantitative estimate of drug-likeness (QED) is 0.206. The van der Waals surface area contributed by atoms with Crippen LogP contribution < -0.4 is 10.6 Å². The van der Waals surface area contributed by atoms with E-state index >= 15 is 0 Å². The second-order valence-corrected chi connectivity index (χ2v) is 12.1. The van der Waals surface area contributed by atoms with Gasteiger partial charge in [0.05, 0.1) is 0 Å². The number of nitrogens with zero attached hydrogens (tertiary/aromatic N) is 1. The van der Waals surface area contributed by atoms with E-state index in [9.17, 15) is 19.5 Å². The zero-order valence-electron chi connectivity index (χ0n) is 26.5. The number of hydrogen-bond acceptors (Lipinski definition) is 5. The number of phenols is 1. The predicted molar refractivity (Wildman–Crippen MR) is 167 cm³/mol. The highest BCUT2D eigenvalue weighted by Crippen LogP contribution is 2.28. The SMILES string of the molecule is CCCCCCN(C(=O)C(Cc1ccccc1)NC(=O)OC(C)(C)C)C(C(=O)NC(C)CCC)c1ccc(O)c(C)c1. The maximum Gasteiger partial charge on any atom is 0.408 e. The van der Waals surface area contributed by atoms with Crippen LogP contribution in [0.3, 0.4) is 0 Å². The molecule has 3 N–H and O–H groups in total. The number of benzene rings is 2. The lowest BCUT2D eigenvalue weighted by Gasteiger charge is -2.35. The second-order valence-electron chi connectivity index (χ2n) is 12.1. The maximum atomic E-state index is 14.5. The minimum absolute atomic E-state index is 0.0831. The summed E-state index contributed by atoms with van der Waals surface area (Å²) in [6.07, 6.45) is 4.89. The van der Waals surface area contributed by atoms with E-state index in [0.717, 1.165) is 37.7 Å². The van der Waals surface area contributed by atoms with Crippen LogP contribution in [0.2, 0.25) is 0 Å². The van der Waals surface area contributed by atoms with Crippen molar-refractivity contribution in [2.24, 2.45) is 0 Å². The van der Waals surface area contributed by atoms with E-state index in [-0.39, 0.29) is 30.0 Å². The van der Waals surface area contributed by atoms with Crippen LogP contribution in [-0.2, 0) is 20.7 Å². The van der Waals surface area contributed by atoms with Crippen LogP contribution in [0.15, 0.2) is 48.5 Å². The molecule has 0 saturated carbocycles. The van der Waals surface area contributed by atoms with Gasteiger partial charge in [-0.05, 0) is 76.3 Å². The van der Waals surface area contributed by atoms with Crippen molar-refractivity contribution in [1.29, 1.82) is 0 Å². The lowest BCUT2D eigenvalue weighted by atomic mass is 9.98. The molecule has 0 fully saturated rings. The number of aryl methyl sites for hydroxylation is 1. The largest absolute Gasteiger partial charge is 0.508 e. The first-order chi connectivity index (χ1) is 19.9. The van der Waals surface area contributed by atoms with Crippen LogP contribution in [0.4, 0.5) is 4.79 Å². The fraction of sp³-hybridized carbons (Fsp3) is 0.559. The van der Waals surface area contributed by atoms with Crippen molar-refractivity contribution in [2.45, 2.75) is 117 Å². The van der Waals surface area contributed by atoms with Crippen molar-refractivity contribution in [2.75, 3.05) is 6.54 Å². The number of nitrogens with one attached hydrogen (secondary N) is 2. The van der Waals surface area contributed by atoms with E-state index in [2.05, 4.69) is 24.5 Å². The molecule has 0 saturated heterocycles. The molecule has 0 aliphatic carbocycles. The topological polar surface area (TPSA) is 108 Å². The number of hydrogen-bond donors (Lipinski definition) is 3. The van der Waals surface area contributed by atoms with Gasteiger partial charge < -0.3 is 25.4 Å². The van der Waals surface area contributed by atoms with Crippen LogP contribution in [0.1, 0.15) is 103 Å². The lowest BCUT2D eigenvalue weighted by molar-refractivity contribution is -0.142. The van der Waals surface area contributed by atoms with Gasteiger partial charge in [0, 0.05) is 19.0 Å². The Morgan fingerprint density at radius 3 is 2.24 bits per heavy atom. The molecule has 0 aromatic heterocycles. The molecule has 2 rings (SSSR count). The van der Waals surface area contributed by atoms with Gasteiger partial charge in [-0.1, -0.05) is 75.9 Å². The van der Waals surface area contributed by atoms with Gasteiger partial charge in [0.25, 0.3) is 0 Å². The van der Waals surface area contributed by atoms with Crippen molar-refractivity contribution in [1.82, 2.24) is 15.5 Å². The Bertz CT molecular complexity index is 1150. The summed E-state index contributed by atoms with van der Waals surface area (Å²) in [6, 6.07) is 12.5. The van der Waals surface area contributed by atoms with Gasteiger partial charge in [-0.15, -0.1) is 0 Å². The molecule has 0 bridgehead atoms. The third-order valence-electron chi connectivity index (χ3n) is 7.01. The summed E-state index contributed by atoms with van der Waals surface area (Å²) in [7, 11) is 0. The molecule has 232 valence electrons. The average Bonchev–Trinajstić information content (AvgIpc) is 2.91. The average molecular weight is 582 g/mol. The summed E-state index contributed by atoms with van der Waals surface area (Å²) >= 11 is 0. The van der Waals surface area contributed by atoms with Crippen LogP contribution in [0.5, 0.6) is 5.75 Å². The number of alkyl carbamates (subject to hydrolysis) is 1. The van der Waals surface area contributed by atoms with E-state index in [0.29, 0.717) is 24.1 Å². The minimum atomic E-state index is -0.963. The van der Waals surface area contributed by atoms with Crippen molar-refractivity contribution in [3.63, 3.8) is 0 Å². The second kappa shape index (κ2) is 16.8. The number of ether oxygens (including phenoxy) is 1. The molecule has 0 radical (unpaired) electrons. The number of unbranched alkanes of at least 4 members (excludes halogenated alkanes) is 3. The molecule has 8 nitrogen and oxygen atoms in total. The van der Waals surface area contributed by atoms with E-state index in [1.54, 1.807) is 50.8 Å².